The van der Waals surface area contributed by atoms with Crippen molar-refractivity contribution in [3.8, 4) is 0 Å². The number of methoxy groups -OCH3 is 1. The van der Waals surface area contributed by atoms with Gasteiger partial charge in [-0.15, -0.1) is 0 Å². The Kier molecular flexibility index (Phi) is 11.8. The lowest BCUT2D eigenvalue weighted by atomic mass is 9.80. The third kappa shape index (κ3) is 9.34. The molecule has 4 atom stereocenters. The van der Waals surface area contributed by atoms with Gasteiger partial charge in [0, 0.05) is 32.3 Å². The van der Waals surface area contributed by atoms with Crippen molar-refractivity contribution in [1.29, 1.82) is 0 Å². The first-order valence-corrected chi connectivity index (χ1v) is 13.1. The maximum absolute atomic E-state index is 13.7. The molecule has 0 saturated carbocycles. The number of aliphatic carboxylic acids is 1. The monoisotopic (exact) mass is 592 g/mol. The summed E-state index contributed by atoms with van der Waals surface area (Å²) in [6.07, 6.45) is -6.38. The topological polar surface area (TPSA) is 142 Å². The van der Waals surface area contributed by atoms with Crippen LogP contribution >= 0.6 is 11.6 Å². The maximum atomic E-state index is 13.7. The van der Waals surface area contributed by atoms with Crippen molar-refractivity contribution < 1.29 is 42.2 Å². The van der Waals surface area contributed by atoms with Crippen LogP contribution in [-0.4, -0.2) is 96.2 Å². The van der Waals surface area contributed by atoms with E-state index < -0.39 is 66.2 Å². The summed E-state index contributed by atoms with van der Waals surface area (Å²) in [7, 11) is 2.85. The van der Waals surface area contributed by atoms with E-state index in [4.69, 9.17) is 22.1 Å². The van der Waals surface area contributed by atoms with Crippen LogP contribution in [0.5, 0.6) is 0 Å². The van der Waals surface area contributed by atoms with Crippen LogP contribution < -0.4 is 11.1 Å². The van der Waals surface area contributed by atoms with Gasteiger partial charge in [0.2, 0.25) is 17.7 Å². The smallest absolute Gasteiger partial charge is 0.389 e. The van der Waals surface area contributed by atoms with E-state index in [0.29, 0.717) is 17.9 Å². The van der Waals surface area contributed by atoms with Crippen LogP contribution in [0.4, 0.5) is 13.2 Å². The minimum Gasteiger partial charge on any atom is -0.481 e. The van der Waals surface area contributed by atoms with Crippen molar-refractivity contribution in [3.63, 3.8) is 0 Å². The molecule has 0 aromatic heterocycles. The molecule has 3 amide bonds. The number of halogens is 4. The fraction of sp³-hybridized carbons (Fsp3) is 0.615. The first-order chi connectivity index (χ1) is 18.6. The summed E-state index contributed by atoms with van der Waals surface area (Å²) >= 11 is 6.02. The standard InChI is InChI=1S/C26H36ClF3N4O6/c1-16(31)22(37)32-20(14-40-3)24(39)33(2)25(12-17-5-7-19(27)8-6-17)9-4-10-34(15-25)23(38)18(11-21(35)36)13-26(28,29)30/h5-8,16,18,20H,4,9-15,31H2,1-3H3,(H,32,37)(H,35,36). The fourth-order valence-corrected chi connectivity index (χ4v) is 5.05. The number of nitrogens with zero attached hydrogens (tertiary/aromatic N) is 2. The van der Waals surface area contributed by atoms with Crippen LogP contribution in [0.1, 0.15) is 38.2 Å². The van der Waals surface area contributed by atoms with Gasteiger partial charge in [0.1, 0.15) is 6.04 Å². The summed E-state index contributed by atoms with van der Waals surface area (Å²) in [5.41, 5.74) is 5.29. The van der Waals surface area contributed by atoms with Gasteiger partial charge in [-0.2, -0.15) is 13.2 Å². The molecule has 1 aromatic carbocycles. The van der Waals surface area contributed by atoms with E-state index in [9.17, 15) is 37.5 Å². The van der Waals surface area contributed by atoms with E-state index in [1.165, 1.54) is 30.9 Å². The highest BCUT2D eigenvalue weighted by Gasteiger charge is 2.46. The number of hydrogen-bond acceptors (Lipinski definition) is 6. The molecular weight excluding hydrogens is 557 g/mol. The van der Waals surface area contributed by atoms with E-state index in [-0.39, 0.29) is 26.1 Å². The van der Waals surface area contributed by atoms with Gasteiger partial charge in [-0.3, -0.25) is 19.2 Å². The molecule has 1 saturated heterocycles. The number of carbonyl (C=O) groups is 4. The third-order valence-corrected chi connectivity index (χ3v) is 7.22. The third-order valence-electron chi connectivity index (χ3n) is 6.97. The van der Waals surface area contributed by atoms with Gasteiger partial charge >= 0.3 is 12.1 Å². The lowest BCUT2D eigenvalue weighted by Crippen LogP contribution is -2.65. The normalized spacial score (nSPS) is 19.9. The number of carbonyl (C=O) groups excluding carboxylic acids is 3. The number of rotatable bonds is 12. The number of ether oxygens (including phenoxy) is 1. The van der Waals surface area contributed by atoms with Gasteiger partial charge in [0.15, 0.2) is 0 Å². The number of carboxylic acids is 1. The van der Waals surface area contributed by atoms with Crippen LogP contribution in [0, 0.1) is 5.92 Å². The number of carboxylic acid groups (broad SMARTS) is 1. The van der Waals surface area contributed by atoms with Gasteiger partial charge in [0.25, 0.3) is 0 Å². The second-order valence-electron chi connectivity index (χ2n) is 10.2. The largest absolute Gasteiger partial charge is 0.481 e. The van der Waals surface area contributed by atoms with Gasteiger partial charge < -0.3 is 30.7 Å². The zero-order valence-electron chi connectivity index (χ0n) is 22.7. The Morgan fingerprint density at radius 3 is 2.40 bits per heavy atom. The maximum Gasteiger partial charge on any atom is 0.389 e. The Labute approximate surface area is 235 Å². The Bertz CT molecular complexity index is 1060. The minimum absolute atomic E-state index is 0.0974. The molecule has 4 N–H and O–H groups in total. The molecule has 40 heavy (non-hydrogen) atoms. The molecule has 10 nitrogen and oxygen atoms in total. The van der Waals surface area contributed by atoms with Crippen LogP contribution in [0.2, 0.25) is 5.02 Å². The zero-order valence-corrected chi connectivity index (χ0v) is 23.4. The lowest BCUT2D eigenvalue weighted by Gasteiger charge is -2.49. The first-order valence-electron chi connectivity index (χ1n) is 12.7. The first kappa shape index (κ1) is 33.3. The number of nitrogens with two attached hydrogens (primary N) is 1. The fourth-order valence-electron chi connectivity index (χ4n) is 4.93. The number of piperidine rings is 1. The molecule has 224 valence electrons. The predicted molar refractivity (Wildman–Crippen MR) is 140 cm³/mol. The highest BCUT2D eigenvalue weighted by atomic mass is 35.5. The molecule has 1 fully saturated rings. The Balaban J connectivity index is 2.47. The van der Waals surface area contributed by atoms with Crippen molar-refractivity contribution in [2.75, 3.05) is 33.9 Å². The molecule has 0 bridgehead atoms. The molecule has 1 heterocycles. The Hall–Kier alpha value is -2.90. The molecule has 1 aliphatic heterocycles. The predicted octanol–water partition coefficient (Wildman–Crippen LogP) is 2.22. The number of likely N-dealkylation sites (N-methyl/N-ethyl adjacent to an activating group) is 1. The molecular formula is C26H36ClF3N4O6. The second-order valence-corrected chi connectivity index (χ2v) is 10.6. The number of benzene rings is 1. The number of alkyl halides is 3. The molecule has 0 spiro atoms. The summed E-state index contributed by atoms with van der Waals surface area (Å²) in [5, 5.41) is 12.2. The average Bonchev–Trinajstić information content (AvgIpc) is 2.87. The Morgan fingerprint density at radius 2 is 1.88 bits per heavy atom. The lowest BCUT2D eigenvalue weighted by molar-refractivity contribution is -0.166. The van der Waals surface area contributed by atoms with Gasteiger partial charge in [-0.25, -0.2) is 0 Å². The van der Waals surface area contributed by atoms with E-state index in [2.05, 4.69) is 5.32 Å². The molecule has 0 aliphatic carbocycles. The van der Waals surface area contributed by atoms with Gasteiger partial charge in [-0.05, 0) is 43.9 Å². The van der Waals surface area contributed by atoms with E-state index >= 15 is 0 Å². The molecule has 14 heteroatoms. The molecule has 1 aliphatic rings. The van der Waals surface area contributed by atoms with Crippen molar-refractivity contribution in [1.82, 2.24) is 15.1 Å². The number of nitrogens with one attached hydrogen (secondary N) is 1. The zero-order chi connectivity index (χ0) is 30.3. The molecule has 0 radical (unpaired) electrons. The highest BCUT2D eigenvalue weighted by molar-refractivity contribution is 6.30. The highest BCUT2D eigenvalue weighted by Crippen LogP contribution is 2.34. The summed E-state index contributed by atoms with van der Waals surface area (Å²) in [5.74, 6) is -5.40. The quantitative estimate of drug-likeness (QED) is 0.338. The summed E-state index contributed by atoms with van der Waals surface area (Å²) in [6, 6.07) is 4.77. The molecule has 2 rings (SSSR count). The average molecular weight is 593 g/mol. The van der Waals surface area contributed by atoms with Gasteiger partial charge in [-0.1, -0.05) is 23.7 Å². The van der Waals surface area contributed by atoms with Crippen LogP contribution in [0.25, 0.3) is 0 Å². The van der Waals surface area contributed by atoms with Crippen LogP contribution in [0.15, 0.2) is 24.3 Å². The summed E-state index contributed by atoms with van der Waals surface area (Å²) < 4.78 is 44.8. The van der Waals surface area contributed by atoms with E-state index in [0.717, 1.165) is 5.56 Å². The summed E-state index contributed by atoms with van der Waals surface area (Å²) in [6.45, 7) is 1.23. The van der Waals surface area contributed by atoms with Crippen LogP contribution in [0.3, 0.4) is 0 Å². The molecule has 1 aromatic rings. The van der Waals surface area contributed by atoms with Crippen molar-refractivity contribution >= 4 is 35.3 Å². The summed E-state index contributed by atoms with van der Waals surface area (Å²) in [4.78, 5) is 53.2. The van der Waals surface area contributed by atoms with Crippen molar-refractivity contribution in [2.24, 2.45) is 11.7 Å². The van der Waals surface area contributed by atoms with Crippen LogP contribution in [-0.2, 0) is 30.3 Å². The Morgan fingerprint density at radius 1 is 1.25 bits per heavy atom. The van der Waals surface area contributed by atoms with Crippen molar-refractivity contribution in [3.05, 3.63) is 34.9 Å². The number of likely N-dealkylation sites (tertiary alicyclic amines) is 1. The van der Waals surface area contributed by atoms with Gasteiger partial charge in [0.05, 0.1) is 36.9 Å². The van der Waals surface area contributed by atoms with Crippen molar-refractivity contribution in [2.45, 2.75) is 62.8 Å². The SMILES string of the molecule is COCC(NC(=O)C(C)N)C(=O)N(C)C1(Cc2ccc(Cl)cc2)CCCN(C(=O)C(CC(=O)O)CC(F)(F)F)C1. The van der Waals surface area contributed by atoms with E-state index in [1.54, 1.807) is 24.3 Å². The second kappa shape index (κ2) is 14.1. The minimum atomic E-state index is -4.75. The number of amides is 3. The molecule has 4 unspecified atom stereocenters. The number of hydrogen-bond donors (Lipinski definition) is 3. The van der Waals surface area contributed by atoms with E-state index in [1.807, 2.05) is 0 Å².